The minimum absolute atomic E-state index is 0.116. The molecule has 16 heavy (non-hydrogen) atoms. The highest BCUT2D eigenvalue weighted by Crippen LogP contribution is 2.24. The number of carbonyl (C=O) groups is 1. The molecule has 1 N–H and O–H groups in total. The van der Waals surface area contributed by atoms with Crippen LogP contribution >= 0.6 is 0 Å². The highest BCUT2D eigenvalue weighted by atomic mass is 16.1. The number of nitrogens with zero attached hydrogens (tertiary/aromatic N) is 3. The van der Waals surface area contributed by atoms with Crippen molar-refractivity contribution in [2.24, 2.45) is 7.05 Å². The second-order valence-electron chi connectivity index (χ2n) is 3.90. The summed E-state index contributed by atoms with van der Waals surface area (Å²) in [5.74, 6) is 0.529. The fraction of sp³-hybridized carbons (Fsp3) is 0.545. The van der Waals surface area contributed by atoms with Gasteiger partial charge in [0, 0.05) is 13.5 Å². The average molecular weight is 220 g/mol. The third kappa shape index (κ3) is 2.22. The van der Waals surface area contributed by atoms with Gasteiger partial charge in [0.2, 0.25) is 5.91 Å². The summed E-state index contributed by atoms with van der Waals surface area (Å²) >= 11 is 0. The zero-order valence-electron chi connectivity index (χ0n) is 10.0. The maximum atomic E-state index is 11.3. The molecule has 0 aliphatic heterocycles. The summed E-state index contributed by atoms with van der Waals surface area (Å²) < 4.78 is 1.54. The Balaban J connectivity index is 3.18. The first-order valence-corrected chi connectivity index (χ1v) is 5.28. The number of hydrogen-bond donors (Lipinski definition) is 1. The van der Waals surface area contributed by atoms with E-state index in [0.29, 0.717) is 17.8 Å². The van der Waals surface area contributed by atoms with Crippen molar-refractivity contribution in [3.05, 3.63) is 11.3 Å². The van der Waals surface area contributed by atoms with Crippen LogP contribution in [0.2, 0.25) is 0 Å². The van der Waals surface area contributed by atoms with Crippen LogP contribution in [0.1, 0.15) is 44.4 Å². The minimum atomic E-state index is -0.116. The lowest BCUT2D eigenvalue weighted by Crippen LogP contribution is -2.13. The zero-order chi connectivity index (χ0) is 12.3. The van der Waals surface area contributed by atoms with Crippen molar-refractivity contribution >= 4 is 11.7 Å². The summed E-state index contributed by atoms with van der Waals surface area (Å²) in [5.41, 5.74) is 1.18. The molecule has 1 amide bonds. The Morgan fingerprint density at radius 3 is 2.69 bits per heavy atom. The molecule has 0 unspecified atom stereocenters. The molecule has 1 rings (SSSR count). The molecule has 0 aliphatic rings. The Morgan fingerprint density at radius 2 is 2.25 bits per heavy atom. The van der Waals surface area contributed by atoms with Crippen molar-refractivity contribution in [1.82, 2.24) is 9.78 Å². The Kier molecular flexibility index (Phi) is 3.67. The summed E-state index contributed by atoms with van der Waals surface area (Å²) in [7, 11) is 1.72. The number of nitrogens with one attached hydrogen (secondary N) is 1. The molecule has 0 saturated heterocycles. The maximum Gasteiger partial charge on any atom is 0.225 e. The fourth-order valence-corrected chi connectivity index (χ4v) is 1.42. The van der Waals surface area contributed by atoms with Gasteiger partial charge < -0.3 is 5.32 Å². The third-order valence-electron chi connectivity index (χ3n) is 2.31. The SMILES string of the molecule is CCC(=O)Nc1c(C#N)c(C(C)C)nn1C. The van der Waals surface area contributed by atoms with Gasteiger partial charge in [0.15, 0.2) is 0 Å². The van der Waals surface area contributed by atoms with Gasteiger partial charge in [0.1, 0.15) is 17.5 Å². The highest BCUT2D eigenvalue weighted by molar-refractivity contribution is 5.91. The van der Waals surface area contributed by atoms with Crippen LogP contribution in [0.4, 0.5) is 5.82 Å². The van der Waals surface area contributed by atoms with Crippen molar-refractivity contribution < 1.29 is 4.79 Å². The molecule has 5 heteroatoms. The molecule has 0 saturated carbocycles. The molecule has 0 atom stereocenters. The van der Waals surface area contributed by atoms with Crippen LogP contribution in [-0.2, 0) is 11.8 Å². The number of amides is 1. The molecule has 0 aromatic carbocycles. The Labute approximate surface area is 95.1 Å². The zero-order valence-corrected chi connectivity index (χ0v) is 10.0. The van der Waals surface area contributed by atoms with E-state index in [2.05, 4.69) is 16.5 Å². The average Bonchev–Trinajstić information content (AvgIpc) is 2.56. The molecule has 0 aliphatic carbocycles. The molecule has 0 spiro atoms. The predicted octanol–water partition coefficient (Wildman–Crippen LogP) is 1.76. The lowest BCUT2D eigenvalue weighted by Gasteiger charge is -2.03. The van der Waals surface area contributed by atoms with Gasteiger partial charge in [-0.15, -0.1) is 0 Å². The minimum Gasteiger partial charge on any atom is -0.310 e. The number of carbonyl (C=O) groups excluding carboxylic acids is 1. The van der Waals surface area contributed by atoms with Crippen molar-refractivity contribution in [2.45, 2.75) is 33.1 Å². The molecule has 1 aromatic heterocycles. The number of aryl methyl sites for hydroxylation is 1. The van der Waals surface area contributed by atoms with Crippen LogP contribution in [0.15, 0.2) is 0 Å². The van der Waals surface area contributed by atoms with Crippen molar-refractivity contribution in [1.29, 1.82) is 5.26 Å². The second-order valence-corrected chi connectivity index (χ2v) is 3.90. The topological polar surface area (TPSA) is 70.7 Å². The van der Waals surface area contributed by atoms with E-state index >= 15 is 0 Å². The van der Waals surface area contributed by atoms with Crippen LogP contribution in [0.3, 0.4) is 0 Å². The molecule has 0 radical (unpaired) electrons. The van der Waals surface area contributed by atoms with Crippen LogP contribution in [0.25, 0.3) is 0 Å². The molecular weight excluding hydrogens is 204 g/mol. The first-order valence-electron chi connectivity index (χ1n) is 5.28. The summed E-state index contributed by atoms with van der Waals surface area (Å²) in [5, 5.41) is 16.0. The summed E-state index contributed by atoms with van der Waals surface area (Å²) in [6, 6.07) is 2.10. The molecule has 1 aromatic rings. The number of rotatable bonds is 3. The van der Waals surface area contributed by atoms with E-state index in [9.17, 15) is 4.79 Å². The van der Waals surface area contributed by atoms with Crippen LogP contribution in [0.5, 0.6) is 0 Å². The van der Waals surface area contributed by atoms with Gasteiger partial charge in [-0.3, -0.25) is 9.48 Å². The van der Waals surface area contributed by atoms with E-state index in [0.717, 1.165) is 5.69 Å². The molecule has 1 heterocycles. The maximum absolute atomic E-state index is 11.3. The van der Waals surface area contributed by atoms with Crippen LogP contribution in [0, 0.1) is 11.3 Å². The van der Waals surface area contributed by atoms with Gasteiger partial charge in [-0.1, -0.05) is 20.8 Å². The lowest BCUT2D eigenvalue weighted by molar-refractivity contribution is -0.115. The Bertz CT molecular complexity index is 440. The van der Waals surface area contributed by atoms with Gasteiger partial charge in [0.05, 0.1) is 5.69 Å². The third-order valence-corrected chi connectivity index (χ3v) is 2.31. The van der Waals surface area contributed by atoms with E-state index in [1.807, 2.05) is 13.8 Å². The lowest BCUT2D eigenvalue weighted by atomic mass is 10.1. The molecule has 0 bridgehead atoms. The summed E-state index contributed by atoms with van der Waals surface area (Å²) in [6.45, 7) is 5.70. The largest absolute Gasteiger partial charge is 0.310 e. The Hall–Kier alpha value is -1.83. The quantitative estimate of drug-likeness (QED) is 0.843. The van der Waals surface area contributed by atoms with Crippen LogP contribution < -0.4 is 5.32 Å². The van der Waals surface area contributed by atoms with Gasteiger partial charge in [-0.25, -0.2) is 0 Å². The summed E-state index contributed by atoms with van der Waals surface area (Å²) in [4.78, 5) is 11.3. The number of anilines is 1. The van der Waals surface area contributed by atoms with Gasteiger partial charge in [-0.05, 0) is 5.92 Å². The van der Waals surface area contributed by atoms with E-state index in [1.165, 1.54) is 0 Å². The second kappa shape index (κ2) is 4.79. The van der Waals surface area contributed by atoms with Crippen LogP contribution in [-0.4, -0.2) is 15.7 Å². The number of nitriles is 1. The van der Waals surface area contributed by atoms with Crippen molar-refractivity contribution in [2.75, 3.05) is 5.32 Å². The van der Waals surface area contributed by atoms with E-state index < -0.39 is 0 Å². The molecule has 5 nitrogen and oxygen atoms in total. The van der Waals surface area contributed by atoms with E-state index in [1.54, 1.807) is 18.7 Å². The number of hydrogen-bond acceptors (Lipinski definition) is 3. The van der Waals surface area contributed by atoms with Gasteiger partial charge in [-0.2, -0.15) is 10.4 Å². The van der Waals surface area contributed by atoms with E-state index in [4.69, 9.17) is 5.26 Å². The normalized spacial score (nSPS) is 10.2. The molecular formula is C11H16N4O. The molecule has 0 fully saturated rings. The summed E-state index contributed by atoms with van der Waals surface area (Å²) in [6.07, 6.45) is 0.382. The van der Waals surface area contributed by atoms with Gasteiger partial charge >= 0.3 is 0 Å². The van der Waals surface area contributed by atoms with Crippen molar-refractivity contribution in [3.8, 4) is 6.07 Å². The van der Waals surface area contributed by atoms with Gasteiger partial charge in [0.25, 0.3) is 0 Å². The first kappa shape index (κ1) is 12.2. The molecule has 86 valence electrons. The standard InChI is InChI=1S/C11H16N4O/c1-5-9(16)13-11-8(6-12)10(7(2)3)14-15(11)4/h7H,5H2,1-4H3,(H,13,16). The van der Waals surface area contributed by atoms with E-state index in [-0.39, 0.29) is 11.8 Å². The predicted molar refractivity (Wildman–Crippen MR) is 60.9 cm³/mol. The smallest absolute Gasteiger partial charge is 0.225 e. The monoisotopic (exact) mass is 220 g/mol. The highest BCUT2D eigenvalue weighted by Gasteiger charge is 2.19. The number of aromatic nitrogens is 2. The van der Waals surface area contributed by atoms with Crippen molar-refractivity contribution in [3.63, 3.8) is 0 Å². The first-order chi connectivity index (χ1) is 7.51. The Morgan fingerprint density at radius 1 is 1.62 bits per heavy atom. The fourth-order valence-electron chi connectivity index (χ4n) is 1.42.